The Morgan fingerprint density at radius 2 is 2.24 bits per heavy atom. The second-order valence-electron chi connectivity index (χ2n) is 3.60. The standard InChI is InChI=1S/C11H9IN2OS.HI/c1-15-8-2-5-3-9-10(14-11(13)16-9)6(5)4-7(8)12;/h2-4,7H,1H3,(H2,13,14);1H. The van der Waals surface area contributed by atoms with Gasteiger partial charge >= 0.3 is 0 Å². The molecule has 3 rings (SSSR count). The topological polar surface area (TPSA) is 48.1 Å². The van der Waals surface area contributed by atoms with Crippen LogP contribution in [0.15, 0.2) is 23.5 Å². The molecule has 0 amide bonds. The molecule has 3 nitrogen and oxygen atoms in total. The first-order valence-electron chi connectivity index (χ1n) is 4.79. The smallest absolute Gasteiger partial charge is 0.181 e. The van der Waals surface area contributed by atoms with E-state index in [1.54, 1.807) is 7.11 Å². The van der Waals surface area contributed by atoms with Crippen LogP contribution in [0.3, 0.4) is 0 Å². The fourth-order valence-corrected chi connectivity index (χ4v) is 3.52. The Bertz CT molecular complexity index is 560. The van der Waals surface area contributed by atoms with Gasteiger partial charge in [-0.15, -0.1) is 24.0 Å². The summed E-state index contributed by atoms with van der Waals surface area (Å²) in [7, 11) is 1.71. The molecule has 1 atom stereocenters. The number of fused-ring (bicyclic) bond motifs is 3. The fraction of sp³-hybridized carbons (Fsp3) is 0.182. The Labute approximate surface area is 134 Å². The predicted molar refractivity (Wildman–Crippen MR) is 90.8 cm³/mol. The molecule has 0 aliphatic heterocycles. The first-order chi connectivity index (χ1) is 7.69. The Hall–Kier alpha value is -0.0900. The zero-order valence-corrected chi connectivity index (χ0v) is 14.2. The van der Waals surface area contributed by atoms with Gasteiger partial charge in [-0.1, -0.05) is 40.0 Å². The summed E-state index contributed by atoms with van der Waals surface area (Å²) in [5, 5.41) is 0.632. The van der Waals surface area contributed by atoms with Crippen molar-refractivity contribution in [3.8, 4) is 0 Å². The molecule has 0 spiro atoms. The van der Waals surface area contributed by atoms with E-state index < -0.39 is 0 Å². The lowest BCUT2D eigenvalue weighted by atomic mass is 10.0. The molecule has 1 unspecified atom stereocenters. The van der Waals surface area contributed by atoms with E-state index in [-0.39, 0.29) is 27.9 Å². The van der Waals surface area contributed by atoms with E-state index in [1.807, 2.05) is 0 Å². The molecule has 1 aromatic rings. The van der Waals surface area contributed by atoms with E-state index in [0.29, 0.717) is 5.13 Å². The van der Waals surface area contributed by atoms with Gasteiger partial charge in [-0.3, -0.25) is 0 Å². The number of ether oxygens (including phenoxy) is 1. The van der Waals surface area contributed by atoms with Crippen molar-refractivity contribution >= 4 is 74.7 Å². The van der Waals surface area contributed by atoms with Crippen LogP contribution in [0.2, 0.25) is 0 Å². The number of aromatic nitrogens is 1. The minimum atomic E-state index is 0. The van der Waals surface area contributed by atoms with Crippen LogP contribution in [-0.4, -0.2) is 16.0 Å². The normalized spacial score (nSPS) is 20.6. The maximum atomic E-state index is 5.71. The second kappa shape index (κ2) is 4.88. The van der Waals surface area contributed by atoms with Crippen LogP contribution in [0.5, 0.6) is 0 Å². The highest BCUT2D eigenvalue weighted by molar-refractivity contribution is 14.1. The van der Waals surface area contributed by atoms with Crippen LogP contribution >= 0.6 is 57.9 Å². The van der Waals surface area contributed by atoms with Crippen LogP contribution in [0.1, 0.15) is 10.6 Å². The molecule has 0 saturated heterocycles. The molecule has 2 N–H and O–H groups in total. The number of halogens is 2. The van der Waals surface area contributed by atoms with Crippen LogP contribution in [0.25, 0.3) is 11.6 Å². The van der Waals surface area contributed by atoms with Gasteiger partial charge in [0, 0.05) is 5.57 Å². The molecule has 1 heterocycles. The van der Waals surface area contributed by atoms with Gasteiger partial charge in [0.1, 0.15) is 5.76 Å². The lowest BCUT2D eigenvalue weighted by Gasteiger charge is -2.16. The molecule has 2 aliphatic rings. The van der Waals surface area contributed by atoms with E-state index >= 15 is 0 Å². The van der Waals surface area contributed by atoms with Crippen molar-refractivity contribution in [2.45, 2.75) is 3.92 Å². The highest BCUT2D eigenvalue weighted by atomic mass is 127. The Kier molecular flexibility index (Phi) is 3.83. The van der Waals surface area contributed by atoms with Crippen LogP contribution < -0.4 is 5.73 Å². The van der Waals surface area contributed by atoms with Crippen LogP contribution in [0, 0.1) is 0 Å². The van der Waals surface area contributed by atoms with Gasteiger partial charge in [-0.2, -0.15) is 0 Å². The van der Waals surface area contributed by atoms with Gasteiger partial charge in [0.15, 0.2) is 5.13 Å². The molecular weight excluding hydrogens is 462 g/mol. The fourth-order valence-electron chi connectivity index (χ4n) is 1.92. The molecule has 0 aromatic carbocycles. The van der Waals surface area contributed by atoms with Crippen molar-refractivity contribution in [3.05, 3.63) is 34.1 Å². The summed E-state index contributed by atoms with van der Waals surface area (Å²) in [6, 6.07) is 0. The molecule has 1 aromatic heterocycles. The third kappa shape index (κ3) is 2.14. The first kappa shape index (κ1) is 13.3. The summed E-state index contributed by atoms with van der Waals surface area (Å²) in [5.74, 6) is 0.985. The van der Waals surface area contributed by atoms with E-state index in [0.717, 1.165) is 16.3 Å². The van der Waals surface area contributed by atoms with Crippen LogP contribution in [-0.2, 0) is 4.74 Å². The van der Waals surface area contributed by atoms with E-state index in [1.165, 1.54) is 22.5 Å². The Balaban J connectivity index is 0.00000108. The highest BCUT2D eigenvalue weighted by Crippen LogP contribution is 2.43. The minimum Gasteiger partial charge on any atom is -0.500 e. The van der Waals surface area contributed by atoms with E-state index in [9.17, 15) is 0 Å². The number of hydrogen-bond acceptors (Lipinski definition) is 4. The summed E-state index contributed by atoms with van der Waals surface area (Å²) in [6.45, 7) is 0. The second-order valence-corrected chi connectivity index (χ2v) is 6.00. The Morgan fingerprint density at radius 1 is 1.47 bits per heavy atom. The summed E-state index contributed by atoms with van der Waals surface area (Å²) >= 11 is 3.88. The lowest BCUT2D eigenvalue weighted by molar-refractivity contribution is 0.289. The van der Waals surface area contributed by atoms with Crippen molar-refractivity contribution in [2.24, 2.45) is 0 Å². The number of nitrogen functional groups attached to an aromatic ring is 1. The SMILES string of the molecule is COC1=CC2=Cc3sc(N)nc3C2=CC1I.I. The van der Waals surface area contributed by atoms with Gasteiger partial charge in [0.05, 0.1) is 21.6 Å². The summed E-state index contributed by atoms with van der Waals surface area (Å²) in [6.07, 6.45) is 6.38. The van der Waals surface area contributed by atoms with Crippen molar-refractivity contribution in [1.29, 1.82) is 0 Å². The van der Waals surface area contributed by atoms with Crippen molar-refractivity contribution in [3.63, 3.8) is 0 Å². The number of nitrogens with zero attached hydrogens (tertiary/aromatic N) is 1. The number of nitrogens with two attached hydrogens (primary N) is 1. The molecule has 17 heavy (non-hydrogen) atoms. The number of alkyl halides is 1. The summed E-state index contributed by atoms with van der Waals surface area (Å²) in [4.78, 5) is 5.51. The quantitative estimate of drug-likeness (QED) is 0.504. The number of thiazole rings is 1. The molecule has 0 radical (unpaired) electrons. The number of hydrogen-bond donors (Lipinski definition) is 1. The molecular formula is C11H10I2N2OS. The lowest BCUT2D eigenvalue weighted by Crippen LogP contribution is -2.07. The monoisotopic (exact) mass is 472 g/mol. The molecule has 6 heteroatoms. The largest absolute Gasteiger partial charge is 0.500 e. The van der Waals surface area contributed by atoms with Crippen molar-refractivity contribution < 1.29 is 4.74 Å². The van der Waals surface area contributed by atoms with E-state index in [4.69, 9.17) is 10.5 Å². The number of rotatable bonds is 1. The van der Waals surface area contributed by atoms with E-state index in [2.05, 4.69) is 45.8 Å². The number of methoxy groups -OCH3 is 1. The first-order valence-corrected chi connectivity index (χ1v) is 6.85. The predicted octanol–water partition coefficient (Wildman–Crippen LogP) is 3.47. The maximum absolute atomic E-state index is 5.71. The maximum Gasteiger partial charge on any atom is 0.181 e. The number of anilines is 1. The third-order valence-corrected chi connectivity index (χ3v) is 4.45. The average Bonchev–Trinajstić information content (AvgIpc) is 2.74. The van der Waals surface area contributed by atoms with Gasteiger partial charge in [-0.25, -0.2) is 4.98 Å². The molecule has 2 aliphatic carbocycles. The molecule has 0 saturated carbocycles. The van der Waals surface area contributed by atoms with Crippen molar-refractivity contribution in [1.82, 2.24) is 4.98 Å². The molecule has 0 bridgehead atoms. The third-order valence-electron chi connectivity index (χ3n) is 2.64. The minimum absolute atomic E-state index is 0. The van der Waals surface area contributed by atoms with Gasteiger partial charge in [0.25, 0.3) is 0 Å². The van der Waals surface area contributed by atoms with Crippen LogP contribution in [0.4, 0.5) is 5.13 Å². The molecule has 0 fully saturated rings. The summed E-state index contributed by atoms with van der Waals surface area (Å²) < 4.78 is 5.60. The van der Waals surface area contributed by atoms with Crippen molar-refractivity contribution in [2.75, 3.05) is 12.8 Å². The van der Waals surface area contributed by atoms with Gasteiger partial charge in [-0.05, 0) is 17.7 Å². The Morgan fingerprint density at radius 3 is 2.94 bits per heavy atom. The van der Waals surface area contributed by atoms with Gasteiger partial charge < -0.3 is 10.5 Å². The number of allylic oxidation sites excluding steroid dienone is 4. The highest BCUT2D eigenvalue weighted by Gasteiger charge is 2.27. The zero-order chi connectivity index (χ0) is 11.3. The average molecular weight is 472 g/mol. The summed E-state index contributed by atoms with van der Waals surface area (Å²) in [5.41, 5.74) is 9.09. The van der Waals surface area contributed by atoms with Gasteiger partial charge in [0.2, 0.25) is 0 Å². The molecule has 90 valence electrons. The zero-order valence-electron chi connectivity index (χ0n) is 8.94.